The molecule has 4 atom stereocenters. The Morgan fingerprint density at radius 1 is 0.714 bits per heavy atom. The summed E-state index contributed by atoms with van der Waals surface area (Å²) in [6.45, 7) is 4.45. The fourth-order valence-corrected chi connectivity index (χ4v) is 3.88. The van der Waals surface area contributed by atoms with E-state index in [1.807, 2.05) is 0 Å². The first-order valence-corrected chi connectivity index (χ1v) is 9.34. The summed E-state index contributed by atoms with van der Waals surface area (Å²) in [7, 11) is 0. The number of ether oxygens (including phenoxy) is 1. The Morgan fingerprint density at radius 3 is 1.57 bits per heavy atom. The van der Waals surface area contributed by atoms with Gasteiger partial charge in [-0.1, -0.05) is 63.8 Å². The molecule has 0 saturated heterocycles. The average molecular weight is 290 g/mol. The van der Waals surface area contributed by atoms with Crippen LogP contribution in [0.25, 0.3) is 0 Å². The molecule has 0 heterocycles. The summed E-state index contributed by atoms with van der Waals surface area (Å²) in [5.41, 5.74) is 0. The highest BCUT2D eigenvalue weighted by Crippen LogP contribution is 2.34. The van der Waals surface area contributed by atoms with Gasteiger partial charge in [-0.05, 0) is 38.5 Å². The van der Waals surface area contributed by atoms with Crippen molar-refractivity contribution in [1.29, 1.82) is 0 Å². The van der Waals surface area contributed by atoms with Crippen molar-refractivity contribution in [1.82, 2.24) is 0 Å². The maximum Gasteiger partial charge on any atom is 0.0641 e. The molecular formula is C20H34O. The third-order valence-corrected chi connectivity index (χ3v) is 5.09. The monoisotopic (exact) mass is 290 g/mol. The van der Waals surface area contributed by atoms with Gasteiger partial charge in [-0.3, -0.25) is 0 Å². The maximum atomic E-state index is 6.65. The van der Waals surface area contributed by atoms with Gasteiger partial charge in [0.1, 0.15) is 0 Å². The van der Waals surface area contributed by atoms with Gasteiger partial charge in [0, 0.05) is 11.8 Å². The maximum absolute atomic E-state index is 6.65. The van der Waals surface area contributed by atoms with Crippen LogP contribution < -0.4 is 0 Å². The molecule has 2 aliphatic rings. The van der Waals surface area contributed by atoms with Gasteiger partial charge in [0.05, 0.1) is 12.2 Å². The third-order valence-electron chi connectivity index (χ3n) is 5.09. The van der Waals surface area contributed by atoms with E-state index in [4.69, 9.17) is 4.74 Å². The van der Waals surface area contributed by atoms with Crippen LogP contribution in [0.4, 0.5) is 0 Å². The normalized spacial score (nSPS) is 34.8. The van der Waals surface area contributed by atoms with Crippen molar-refractivity contribution in [3.05, 3.63) is 24.3 Å². The van der Waals surface area contributed by atoms with Gasteiger partial charge in [0.2, 0.25) is 0 Å². The van der Waals surface area contributed by atoms with Crippen LogP contribution in [0, 0.1) is 11.8 Å². The predicted molar refractivity (Wildman–Crippen MR) is 91.4 cm³/mol. The van der Waals surface area contributed by atoms with E-state index in [2.05, 4.69) is 38.2 Å². The third kappa shape index (κ3) is 5.29. The first-order chi connectivity index (χ1) is 10.3. The summed E-state index contributed by atoms with van der Waals surface area (Å²) in [6.07, 6.45) is 23.4. The van der Waals surface area contributed by atoms with Gasteiger partial charge in [-0.15, -0.1) is 0 Å². The largest absolute Gasteiger partial charge is 0.374 e. The molecule has 0 aromatic heterocycles. The molecule has 2 saturated carbocycles. The highest BCUT2D eigenvalue weighted by molar-refractivity contribution is 4.97. The molecule has 1 nitrogen and oxygen atoms in total. The summed E-state index contributed by atoms with van der Waals surface area (Å²) in [4.78, 5) is 0. The summed E-state index contributed by atoms with van der Waals surface area (Å²) in [6, 6.07) is 0. The lowest BCUT2D eigenvalue weighted by molar-refractivity contribution is -0.0779. The van der Waals surface area contributed by atoms with E-state index in [0.717, 1.165) is 12.8 Å². The van der Waals surface area contributed by atoms with E-state index in [1.54, 1.807) is 0 Å². The number of hydrogen-bond donors (Lipinski definition) is 0. The fourth-order valence-electron chi connectivity index (χ4n) is 3.88. The van der Waals surface area contributed by atoms with E-state index in [1.165, 1.54) is 51.4 Å². The SMILES string of the molecule is CCC=CC1CCCCC1OC1CCCCC1C=CCC. The molecule has 1 heteroatoms. The Hall–Kier alpha value is -0.560. The Balaban J connectivity index is 1.95. The lowest BCUT2D eigenvalue weighted by Crippen LogP contribution is -2.35. The van der Waals surface area contributed by atoms with Crippen LogP contribution in [0.2, 0.25) is 0 Å². The smallest absolute Gasteiger partial charge is 0.0641 e. The highest BCUT2D eigenvalue weighted by atomic mass is 16.5. The van der Waals surface area contributed by atoms with Gasteiger partial charge >= 0.3 is 0 Å². The predicted octanol–water partition coefficient (Wildman–Crippen LogP) is 6.05. The summed E-state index contributed by atoms with van der Waals surface area (Å²) in [5.74, 6) is 1.33. The van der Waals surface area contributed by atoms with E-state index < -0.39 is 0 Å². The quantitative estimate of drug-likeness (QED) is 0.541. The molecule has 0 spiro atoms. The van der Waals surface area contributed by atoms with Crippen molar-refractivity contribution in [2.75, 3.05) is 0 Å². The molecular weight excluding hydrogens is 256 g/mol. The fraction of sp³-hybridized carbons (Fsp3) is 0.800. The van der Waals surface area contributed by atoms with Gasteiger partial charge in [-0.25, -0.2) is 0 Å². The van der Waals surface area contributed by atoms with Gasteiger partial charge in [-0.2, -0.15) is 0 Å². The van der Waals surface area contributed by atoms with E-state index in [0.29, 0.717) is 24.0 Å². The van der Waals surface area contributed by atoms with Crippen molar-refractivity contribution in [2.45, 2.75) is 90.3 Å². The topological polar surface area (TPSA) is 9.23 Å². The molecule has 2 rings (SSSR count). The minimum atomic E-state index is 0.474. The number of rotatable bonds is 6. The Bertz CT molecular complexity index is 299. The second kappa shape index (κ2) is 9.46. The van der Waals surface area contributed by atoms with Crippen molar-refractivity contribution >= 4 is 0 Å². The van der Waals surface area contributed by atoms with Gasteiger partial charge in [0.25, 0.3) is 0 Å². The van der Waals surface area contributed by atoms with Crippen molar-refractivity contribution in [3.63, 3.8) is 0 Å². The summed E-state index contributed by atoms with van der Waals surface area (Å²) in [5, 5.41) is 0. The van der Waals surface area contributed by atoms with E-state index >= 15 is 0 Å². The molecule has 0 aromatic rings. The average Bonchev–Trinajstić information content (AvgIpc) is 2.53. The first-order valence-electron chi connectivity index (χ1n) is 9.34. The summed E-state index contributed by atoms with van der Waals surface area (Å²) < 4.78 is 6.65. The molecule has 0 radical (unpaired) electrons. The summed E-state index contributed by atoms with van der Waals surface area (Å²) >= 11 is 0. The van der Waals surface area contributed by atoms with Crippen LogP contribution in [-0.4, -0.2) is 12.2 Å². The molecule has 0 amide bonds. The minimum Gasteiger partial charge on any atom is -0.374 e. The number of allylic oxidation sites excluding steroid dienone is 2. The number of hydrogen-bond acceptors (Lipinski definition) is 1. The molecule has 21 heavy (non-hydrogen) atoms. The first kappa shape index (κ1) is 16.8. The molecule has 0 N–H and O–H groups in total. The minimum absolute atomic E-state index is 0.474. The van der Waals surface area contributed by atoms with Gasteiger partial charge in [0.15, 0.2) is 0 Å². The lowest BCUT2D eigenvalue weighted by Gasteiger charge is -2.37. The Morgan fingerprint density at radius 2 is 1.14 bits per heavy atom. The van der Waals surface area contributed by atoms with Crippen LogP contribution in [0.5, 0.6) is 0 Å². The molecule has 2 aliphatic carbocycles. The second-order valence-corrected chi connectivity index (χ2v) is 6.78. The molecule has 0 bridgehead atoms. The molecule has 0 aliphatic heterocycles. The molecule has 120 valence electrons. The van der Waals surface area contributed by atoms with Crippen LogP contribution >= 0.6 is 0 Å². The van der Waals surface area contributed by atoms with Crippen molar-refractivity contribution in [2.24, 2.45) is 11.8 Å². The van der Waals surface area contributed by atoms with E-state index in [9.17, 15) is 0 Å². The second-order valence-electron chi connectivity index (χ2n) is 6.78. The van der Waals surface area contributed by atoms with Crippen LogP contribution in [0.3, 0.4) is 0 Å². The zero-order valence-electron chi connectivity index (χ0n) is 14.1. The standard InChI is InChI=1S/C20H34O/c1-3-5-11-17-13-7-9-15-19(17)21-20-16-10-8-14-18(20)12-6-4-2/h5-6,11-12,17-20H,3-4,7-10,13-16H2,1-2H3. The zero-order chi connectivity index (χ0) is 14.9. The van der Waals surface area contributed by atoms with Crippen LogP contribution in [0.1, 0.15) is 78.1 Å². The van der Waals surface area contributed by atoms with Crippen LogP contribution in [0.15, 0.2) is 24.3 Å². The Labute approximate surface area is 131 Å². The molecule has 0 aromatic carbocycles. The van der Waals surface area contributed by atoms with Crippen LogP contribution in [-0.2, 0) is 4.74 Å². The van der Waals surface area contributed by atoms with Gasteiger partial charge < -0.3 is 4.74 Å². The van der Waals surface area contributed by atoms with Crippen molar-refractivity contribution in [3.8, 4) is 0 Å². The van der Waals surface area contributed by atoms with Crippen molar-refractivity contribution < 1.29 is 4.74 Å². The van der Waals surface area contributed by atoms with E-state index in [-0.39, 0.29) is 0 Å². The zero-order valence-corrected chi connectivity index (χ0v) is 14.1. The molecule has 4 unspecified atom stereocenters. The lowest BCUT2D eigenvalue weighted by atomic mass is 9.83. The Kier molecular flexibility index (Phi) is 7.57. The molecule has 2 fully saturated rings. The highest BCUT2D eigenvalue weighted by Gasteiger charge is 2.30.